The number of esters is 1. The fourth-order valence-corrected chi connectivity index (χ4v) is 2.79. The van der Waals surface area contributed by atoms with Crippen LogP contribution < -0.4 is 5.32 Å². The molecule has 1 fully saturated rings. The van der Waals surface area contributed by atoms with Gasteiger partial charge in [0.25, 0.3) is 0 Å². The number of nitrogens with one attached hydrogen (secondary N) is 1. The van der Waals surface area contributed by atoms with Gasteiger partial charge in [-0.15, -0.1) is 0 Å². The van der Waals surface area contributed by atoms with E-state index in [0.29, 0.717) is 17.9 Å². The fraction of sp³-hybridized carbons (Fsp3) is 0.529. The Bertz CT molecular complexity index is 551. The molecule has 1 aliphatic heterocycles. The molecule has 0 aromatic heterocycles. The molecule has 6 heteroatoms. The minimum absolute atomic E-state index is 0.110. The number of nitrogens with zero attached hydrogens (tertiary/aromatic N) is 1. The van der Waals surface area contributed by atoms with Crippen molar-refractivity contribution in [1.82, 2.24) is 4.90 Å². The summed E-state index contributed by atoms with van der Waals surface area (Å²) in [4.78, 5) is 26.3. The smallest absolute Gasteiger partial charge is 0.340 e. The molecule has 0 aliphatic carbocycles. The number of benzene rings is 1. The largest absolute Gasteiger partial charge is 0.462 e. The van der Waals surface area contributed by atoms with Gasteiger partial charge in [-0.05, 0) is 32.9 Å². The lowest BCUT2D eigenvalue weighted by atomic mass is 10.1. The van der Waals surface area contributed by atoms with Gasteiger partial charge in [-0.25, -0.2) is 4.79 Å². The van der Waals surface area contributed by atoms with Gasteiger partial charge in [0.15, 0.2) is 0 Å². The van der Waals surface area contributed by atoms with Crippen molar-refractivity contribution in [2.75, 3.05) is 31.6 Å². The molecule has 0 unspecified atom stereocenters. The summed E-state index contributed by atoms with van der Waals surface area (Å²) in [5.74, 6) is -0.583. The monoisotopic (exact) mass is 320 g/mol. The average Bonchev–Trinajstić information content (AvgIpc) is 2.46. The first-order valence-corrected chi connectivity index (χ1v) is 7.93. The highest BCUT2D eigenvalue weighted by atomic mass is 16.5. The van der Waals surface area contributed by atoms with E-state index in [2.05, 4.69) is 10.2 Å². The number of hydrogen-bond acceptors (Lipinski definition) is 5. The fourth-order valence-electron chi connectivity index (χ4n) is 2.79. The summed E-state index contributed by atoms with van der Waals surface area (Å²) in [7, 11) is 0. The van der Waals surface area contributed by atoms with Crippen LogP contribution in [0.4, 0.5) is 5.69 Å². The molecule has 1 aromatic rings. The number of ether oxygens (including phenoxy) is 2. The van der Waals surface area contributed by atoms with E-state index in [-0.39, 0.29) is 24.7 Å². The van der Waals surface area contributed by atoms with Gasteiger partial charge in [-0.3, -0.25) is 9.69 Å². The number of morpholine rings is 1. The minimum Gasteiger partial charge on any atom is -0.462 e. The summed E-state index contributed by atoms with van der Waals surface area (Å²) in [6.07, 6.45) is 0.219. The number of carbonyl (C=O) groups excluding carboxylic acids is 2. The number of amides is 1. The van der Waals surface area contributed by atoms with E-state index < -0.39 is 5.97 Å². The van der Waals surface area contributed by atoms with Crippen LogP contribution in [0.1, 0.15) is 31.1 Å². The molecule has 1 aromatic carbocycles. The Hall–Kier alpha value is -1.92. The zero-order chi connectivity index (χ0) is 16.8. The van der Waals surface area contributed by atoms with Crippen molar-refractivity contribution < 1.29 is 19.1 Å². The van der Waals surface area contributed by atoms with Crippen molar-refractivity contribution in [3.05, 3.63) is 29.8 Å². The highest BCUT2D eigenvalue weighted by Gasteiger charge is 2.24. The van der Waals surface area contributed by atoms with Gasteiger partial charge in [0.2, 0.25) is 5.91 Å². The van der Waals surface area contributed by atoms with E-state index in [0.717, 1.165) is 13.1 Å². The van der Waals surface area contributed by atoms with Gasteiger partial charge < -0.3 is 14.8 Å². The predicted molar refractivity (Wildman–Crippen MR) is 87.5 cm³/mol. The molecule has 1 saturated heterocycles. The Morgan fingerprint density at radius 1 is 1.26 bits per heavy atom. The van der Waals surface area contributed by atoms with Gasteiger partial charge in [-0.2, -0.15) is 0 Å². The minimum atomic E-state index is -0.433. The Labute approximate surface area is 136 Å². The molecule has 1 amide bonds. The van der Waals surface area contributed by atoms with Crippen LogP contribution in [0.15, 0.2) is 24.3 Å². The molecular formula is C17H24N2O4. The van der Waals surface area contributed by atoms with Crippen molar-refractivity contribution >= 4 is 17.6 Å². The third-order valence-corrected chi connectivity index (χ3v) is 3.56. The molecule has 23 heavy (non-hydrogen) atoms. The van der Waals surface area contributed by atoms with Gasteiger partial charge in [0.05, 0.1) is 36.6 Å². The Morgan fingerprint density at radius 3 is 2.57 bits per heavy atom. The summed E-state index contributed by atoms with van der Waals surface area (Å²) in [6.45, 7) is 7.75. The second-order valence-corrected chi connectivity index (χ2v) is 5.77. The molecule has 0 radical (unpaired) electrons. The molecule has 1 heterocycles. The summed E-state index contributed by atoms with van der Waals surface area (Å²) in [5.41, 5.74) is 0.844. The van der Waals surface area contributed by atoms with E-state index in [1.54, 1.807) is 31.2 Å². The predicted octanol–water partition coefficient (Wildman–Crippen LogP) is 1.91. The van der Waals surface area contributed by atoms with Crippen LogP contribution in [0.2, 0.25) is 0 Å². The maximum Gasteiger partial charge on any atom is 0.340 e. The number of carbonyl (C=O) groups is 2. The van der Waals surface area contributed by atoms with Gasteiger partial charge in [0, 0.05) is 13.1 Å². The van der Waals surface area contributed by atoms with Crippen molar-refractivity contribution in [3.63, 3.8) is 0 Å². The lowest BCUT2D eigenvalue weighted by Gasteiger charge is -2.34. The molecular weight excluding hydrogens is 296 g/mol. The Kier molecular flexibility index (Phi) is 6.12. The van der Waals surface area contributed by atoms with Crippen LogP contribution in [0.5, 0.6) is 0 Å². The SMILES string of the molecule is CCOC(=O)c1ccccc1NC(=O)CN1C[C@@H](C)O[C@@H](C)C1. The van der Waals surface area contributed by atoms with E-state index in [4.69, 9.17) is 9.47 Å². The standard InChI is InChI=1S/C17H24N2O4/c1-4-22-17(21)14-7-5-6-8-15(14)18-16(20)11-19-9-12(2)23-13(3)10-19/h5-8,12-13H,4,9-11H2,1-3H3,(H,18,20)/t12-,13+. The van der Waals surface area contributed by atoms with Crippen LogP contribution in [-0.4, -0.2) is 55.2 Å². The lowest BCUT2D eigenvalue weighted by Crippen LogP contribution is -2.48. The van der Waals surface area contributed by atoms with E-state index in [1.807, 2.05) is 13.8 Å². The van der Waals surface area contributed by atoms with Gasteiger partial charge in [-0.1, -0.05) is 12.1 Å². The lowest BCUT2D eigenvalue weighted by molar-refractivity contribution is -0.121. The summed E-state index contributed by atoms with van der Waals surface area (Å²) in [5, 5.41) is 2.80. The van der Waals surface area contributed by atoms with Crippen LogP contribution in [0.25, 0.3) is 0 Å². The maximum absolute atomic E-state index is 12.3. The molecule has 0 bridgehead atoms. The molecule has 6 nitrogen and oxygen atoms in total. The second-order valence-electron chi connectivity index (χ2n) is 5.77. The molecule has 126 valence electrons. The Morgan fingerprint density at radius 2 is 1.91 bits per heavy atom. The van der Waals surface area contributed by atoms with E-state index >= 15 is 0 Å². The molecule has 2 atom stereocenters. The summed E-state index contributed by atoms with van der Waals surface area (Å²) >= 11 is 0. The quantitative estimate of drug-likeness (QED) is 0.840. The first kappa shape index (κ1) is 17.4. The number of rotatable bonds is 5. The summed E-state index contributed by atoms with van der Waals surface area (Å²) in [6, 6.07) is 6.87. The highest BCUT2D eigenvalue weighted by molar-refractivity contribution is 6.01. The molecule has 1 N–H and O–H groups in total. The Balaban J connectivity index is 1.99. The van der Waals surface area contributed by atoms with E-state index in [1.165, 1.54) is 0 Å². The number of hydrogen-bond donors (Lipinski definition) is 1. The van der Waals surface area contributed by atoms with Crippen molar-refractivity contribution in [2.45, 2.75) is 33.0 Å². The zero-order valence-electron chi connectivity index (χ0n) is 13.9. The average molecular weight is 320 g/mol. The van der Waals surface area contributed by atoms with Gasteiger partial charge >= 0.3 is 5.97 Å². The van der Waals surface area contributed by atoms with Gasteiger partial charge in [0.1, 0.15) is 0 Å². The van der Waals surface area contributed by atoms with Crippen LogP contribution in [0.3, 0.4) is 0 Å². The summed E-state index contributed by atoms with van der Waals surface area (Å²) < 4.78 is 10.7. The topological polar surface area (TPSA) is 67.9 Å². The maximum atomic E-state index is 12.3. The third kappa shape index (κ3) is 5.04. The van der Waals surface area contributed by atoms with Crippen LogP contribution >= 0.6 is 0 Å². The molecule has 2 rings (SSSR count). The second kappa shape index (κ2) is 8.08. The first-order valence-electron chi connectivity index (χ1n) is 7.93. The molecule has 0 saturated carbocycles. The zero-order valence-corrected chi connectivity index (χ0v) is 13.9. The third-order valence-electron chi connectivity index (χ3n) is 3.56. The molecule has 1 aliphatic rings. The van der Waals surface area contributed by atoms with Crippen molar-refractivity contribution in [2.24, 2.45) is 0 Å². The first-order chi connectivity index (χ1) is 11.0. The van der Waals surface area contributed by atoms with Crippen molar-refractivity contribution in [1.29, 1.82) is 0 Å². The normalized spacial score (nSPS) is 21.7. The van der Waals surface area contributed by atoms with Crippen LogP contribution in [0, 0.1) is 0 Å². The molecule has 0 spiro atoms. The number of para-hydroxylation sites is 1. The van der Waals surface area contributed by atoms with Crippen LogP contribution in [-0.2, 0) is 14.3 Å². The highest BCUT2D eigenvalue weighted by Crippen LogP contribution is 2.17. The van der Waals surface area contributed by atoms with E-state index in [9.17, 15) is 9.59 Å². The van der Waals surface area contributed by atoms with Crippen molar-refractivity contribution in [3.8, 4) is 0 Å². The number of anilines is 1.